The van der Waals surface area contributed by atoms with Gasteiger partial charge in [0.2, 0.25) is 0 Å². The van der Waals surface area contributed by atoms with Crippen molar-refractivity contribution in [2.24, 2.45) is 0 Å². The fraction of sp³-hybridized carbons (Fsp3) is 0.333. The second kappa shape index (κ2) is 2.87. The van der Waals surface area contributed by atoms with E-state index in [9.17, 15) is 0 Å². The Morgan fingerprint density at radius 3 is 3.20 bits per heavy atom. The van der Waals surface area contributed by atoms with E-state index in [4.69, 9.17) is 9.78 Å². The number of nitrogens with zero attached hydrogens (tertiary/aromatic N) is 2. The average Bonchev–Trinajstić information content (AvgIpc) is 2.31. The summed E-state index contributed by atoms with van der Waals surface area (Å²) in [7, 11) is 0. The van der Waals surface area contributed by atoms with Crippen LogP contribution < -0.4 is 5.32 Å². The summed E-state index contributed by atoms with van der Waals surface area (Å²) in [6, 6.07) is 1.78. The van der Waals surface area contributed by atoms with Crippen LogP contribution in [0.1, 0.15) is 11.5 Å². The maximum absolute atomic E-state index is 8.11. The molecule has 0 aliphatic heterocycles. The number of rotatable bonds is 2. The van der Waals surface area contributed by atoms with Gasteiger partial charge >= 0.3 is 0 Å². The third-order valence-electron chi connectivity index (χ3n) is 1.02. The van der Waals surface area contributed by atoms with Crippen molar-refractivity contribution in [1.29, 1.82) is 5.26 Å². The van der Waals surface area contributed by atoms with Gasteiger partial charge in [0.15, 0.2) is 12.0 Å². The minimum Gasteiger partial charge on any atom is -0.359 e. The van der Waals surface area contributed by atoms with Crippen LogP contribution in [0.5, 0.6) is 0 Å². The van der Waals surface area contributed by atoms with Crippen molar-refractivity contribution < 1.29 is 4.52 Å². The van der Waals surface area contributed by atoms with E-state index in [0.717, 1.165) is 5.69 Å². The third kappa shape index (κ3) is 1.49. The molecule has 10 heavy (non-hydrogen) atoms. The van der Waals surface area contributed by atoms with Gasteiger partial charge in [-0.05, 0) is 6.92 Å². The molecule has 1 aromatic heterocycles. The lowest BCUT2D eigenvalue weighted by atomic mass is 10.4. The second-order valence-corrected chi connectivity index (χ2v) is 1.90. The highest BCUT2D eigenvalue weighted by molar-refractivity contribution is 5.02. The van der Waals surface area contributed by atoms with Gasteiger partial charge in [0.1, 0.15) is 0 Å². The normalized spacial score (nSPS) is 8.80. The Kier molecular flexibility index (Phi) is 1.90. The highest BCUT2D eigenvalue weighted by atomic mass is 16.5. The van der Waals surface area contributed by atoms with E-state index >= 15 is 0 Å². The monoisotopic (exact) mass is 137 g/mol. The molecule has 0 bridgehead atoms. The molecule has 0 atom stereocenters. The Morgan fingerprint density at radius 1 is 1.90 bits per heavy atom. The first-order valence-electron chi connectivity index (χ1n) is 2.87. The standard InChI is InChI=1S/C6H7N3O/c1-5-2-6(10-9-5)3-8-4-7/h2,8H,3H2,1H3. The van der Waals surface area contributed by atoms with Gasteiger partial charge < -0.3 is 9.84 Å². The van der Waals surface area contributed by atoms with E-state index in [1.807, 2.05) is 6.92 Å². The molecular formula is C6H7N3O. The Bertz CT molecular complexity index is 248. The Labute approximate surface area is 58.4 Å². The fourth-order valence-electron chi connectivity index (χ4n) is 0.626. The van der Waals surface area contributed by atoms with Crippen molar-refractivity contribution in [1.82, 2.24) is 10.5 Å². The molecule has 0 saturated carbocycles. The van der Waals surface area contributed by atoms with Crippen LogP contribution >= 0.6 is 0 Å². The molecule has 0 saturated heterocycles. The first-order chi connectivity index (χ1) is 4.83. The molecule has 0 fully saturated rings. The SMILES string of the molecule is Cc1cc(CNC#N)on1. The van der Waals surface area contributed by atoms with Crippen LogP contribution in [-0.4, -0.2) is 5.16 Å². The molecular weight excluding hydrogens is 130 g/mol. The van der Waals surface area contributed by atoms with Crippen molar-refractivity contribution in [3.05, 3.63) is 17.5 Å². The minimum atomic E-state index is 0.414. The quantitative estimate of drug-likeness (QED) is 0.477. The number of nitriles is 1. The summed E-state index contributed by atoms with van der Waals surface area (Å²) < 4.78 is 4.80. The summed E-state index contributed by atoms with van der Waals surface area (Å²) in [6.07, 6.45) is 1.79. The molecule has 0 spiro atoms. The first-order valence-corrected chi connectivity index (χ1v) is 2.87. The zero-order valence-electron chi connectivity index (χ0n) is 5.59. The maximum Gasteiger partial charge on any atom is 0.176 e. The Morgan fingerprint density at radius 2 is 2.70 bits per heavy atom. The molecule has 1 aromatic rings. The van der Waals surface area contributed by atoms with E-state index in [1.165, 1.54) is 0 Å². The van der Waals surface area contributed by atoms with Gasteiger partial charge in [0.25, 0.3) is 0 Å². The van der Waals surface area contributed by atoms with E-state index in [2.05, 4.69) is 10.5 Å². The van der Waals surface area contributed by atoms with Crippen molar-refractivity contribution >= 4 is 0 Å². The molecule has 1 rings (SSSR count). The van der Waals surface area contributed by atoms with Gasteiger partial charge in [0.05, 0.1) is 12.2 Å². The zero-order chi connectivity index (χ0) is 7.40. The Hall–Kier alpha value is -1.50. The Balaban J connectivity index is 2.52. The van der Waals surface area contributed by atoms with Gasteiger partial charge in [0, 0.05) is 6.07 Å². The van der Waals surface area contributed by atoms with Crippen molar-refractivity contribution in [3.8, 4) is 6.19 Å². The summed E-state index contributed by atoms with van der Waals surface area (Å²) >= 11 is 0. The van der Waals surface area contributed by atoms with Gasteiger partial charge in [-0.25, -0.2) is 0 Å². The topological polar surface area (TPSA) is 61.9 Å². The lowest BCUT2D eigenvalue weighted by Crippen LogP contribution is -2.02. The van der Waals surface area contributed by atoms with Crippen molar-refractivity contribution in [2.45, 2.75) is 13.5 Å². The lowest BCUT2D eigenvalue weighted by Gasteiger charge is -1.86. The molecule has 0 aliphatic carbocycles. The first kappa shape index (κ1) is 6.62. The van der Waals surface area contributed by atoms with Crippen LogP contribution in [-0.2, 0) is 6.54 Å². The highest BCUT2D eigenvalue weighted by Crippen LogP contribution is 2.00. The van der Waals surface area contributed by atoms with E-state index in [-0.39, 0.29) is 0 Å². The van der Waals surface area contributed by atoms with Gasteiger partial charge in [-0.1, -0.05) is 5.16 Å². The fourth-order valence-corrected chi connectivity index (χ4v) is 0.626. The molecule has 4 nitrogen and oxygen atoms in total. The maximum atomic E-state index is 8.11. The summed E-state index contributed by atoms with van der Waals surface area (Å²) in [5, 5.41) is 14.2. The predicted octanol–water partition coefficient (Wildman–Crippen LogP) is 0.554. The molecule has 52 valence electrons. The largest absolute Gasteiger partial charge is 0.359 e. The van der Waals surface area contributed by atoms with Gasteiger partial charge in [-0.15, -0.1) is 0 Å². The predicted molar refractivity (Wildman–Crippen MR) is 33.7 cm³/mol. The molecule has 4 heteroatoms. The number of aromatic nitrogens is 1. The molecule has 0 aliphatic rings. The lowest BCUT2D eigenvalue weighted by molar-refractivity contribution is 0.376. The molecule has 1 heterocycles. The molecule has 0 aromatic carbocycles. The molecule has 0 unspecified atom stereocenters. The summed E-state index contributed by atoms with van der Waals surface area (Å²) in [4.78, 5) is 0. The van der Waals surface area contributed by atoms with E-state index < -0.39 is 0 Å². The highest BCUT2D eigenvalue weighted by Gasteiger charge is 1.97. The van der Waals surface area contributed by atoms with Crippen molar-refractivity contribution in [2.75, 3.05) is 0 Å². The van der Waals surface area contributed by atoms with Crippen LogP contribution in [0.25, 0.3) is 0 Å². The minimum absolute atomic E-state index is 0.414. The summed E-state index contributed by atoms with van der Waals surface area (Å²) in [5.74, 6) is 0.680. The van der Waals surface area contributed by atoms with E-state index in [0.29, 0.717) is 12.3 Å². The van der Waals surface area contributed by atoms with Crippen LogP contribution in [0.4, 0.5) is 0 Å². The van der Waals surface area contributed by atoms with Crippen LogP contribution in [0.3, 0.4) is 0 Å². The second-order valence-electron chi connectivity index (χ2n) is 1.90. The molecule has 0 amide bonds. The van der Waals surface area contributed by atoms with Gasteiger partial charge in [-0.3, -0.25) is 0 Å². The van der Waals surface area contributed by atoms with Gasteiger partial charge in [-0.2, -0.15) is 5.26 Å². The number of nitrogens with one attached hydrogen (secondary N) is 1. The summed E-state index contributed by atoms with van der Waals surface area (Å²) in [6.45, 7) is 2.25. The van der Waals surface area contributed by atoms with Crippen LogP contribution in [0, 0.1) is 18.4 Å². The third-order valence-corrected chi connectivity index (χ3v) is 1.02. The molecule has 0 radical (unpaired) electrons. The molecule has 1 N–H and O–H groups in total. The smallest absolute Gasteiger partial charge is 0.176 e. The van der Waals surface area contributed by atoms with Crippen molar-refractivity contribution in [3.63, 3.8) is 0 Å². The van der Waals surface area contributed by atoms with Crippen LogP contribution in [0.2, 0.25) is 0 Å². The number of aryl methyl sites for hydroxylation is 1. The summed E-state index contributed by atoms with van der Waals surface area (Å²) in [5.41, 5.74) is 0.828. The number of hydrogen-bond acceptors (Lipinski definition) is 4. The zero-order valence-corrected chi connectivity index (χ0v) is 5.59. The van der Waals surface area contributed by atoms with E-state index in [1.54, 1.807) is 12.3 Å². The average molecular weight is 137 g/mol. The number of hydrogen-bond donors (Lipinski definition) is 1. The van der Waals surface area contributed by atoms with Crippen LogP contribution in [0.15, 0.2) is 10.6 Å².